The average molecular weight is 557 g/mol. The van der Waals surface area contributed by atoms with Crippen LogP contribution in [-0.4, -0.2) is 67.3 Å². The number of carbonyl (C=O) groups is 1. The molecule has 2 unspecified atom stereocenters. The number of ether oxygens (including phenoxy) is 2. The van der Waals surface area contributed by atoms with Crippen molar-refractivity contribution >= 4 is 17.5 Å². The lowest BCUT2D eigenvalue weighted by atomic mass is 9.99. The van der Waals surface area contributed by atoms with Gasteiger partial charge in [0, 0.05) is 49.6 Å². The second-order valence-corrected chi connectivity index (χ2v) is 10.2. The summed E-state index contributed by atoms with van der Waals surface area (Å²) in [6.45, 7) is 8.88. The number of piperidine rings is 1. The van der Waals surface area contributed by atoms with Gasteiger partial charge in [-0.05, 0) is 68.8 Å². The molecule has 0 aromatic heterocycles. The van der Waals surface area contributed by atoms with Gasteiger partial charge in [-0.1, -0.05) is 30.9 Å². The Bertz CT molecular complexity index is 1280. The van der Waals surface area contributed by atoms with Crippen LogP contribution in [0.15, 0.2) is 95.8 Å². The minimum Gasteiger partial charge on any atom is -0.457 e. The van der Waals surface area contributed by atoms with E-state index in [0.717, 1.165) is 38.2 Å². The summed E-state index contributed by atoms with van der Waals surface area (Å²) < 4.78 is 11.3. The number of aliphatic imine (C=N–C) groups is 1. The van der Waals surface area contributed by atoms with Crippen LogP contribution in [-0.2, 0) is 9.53 Å². The number of hydrogen-bond donors (Lipinski definition) is 4. The first kappa shape index (κ1) is 29.8. The Hall–Kier alpha value is -4.21. The Balaban J connectivity index is 1.42. The second kappa shape index (κ2) is 15.0. The maximum Gasteiger partial charge on any atom is 0.246 e. The van der Waals surface area contributed by atoms with Crippen molar-refractivity contribution in [2.45, 2.75) is 38.3 Å². The third kappa shape index (κ3) is 8.64. The molecule has 9 nitrogen and oxygen atoms in total. The van der Waals surface area contributed by atoms with Gasteiger partial charge in [-0.15, -0.1) is 0 Å². The molecule has 0 spiro atoms. The molecule has 216 valence electrons. The van der Waals surface area contributed by atoms with Crippen molar-refractivity contribution in [2.75, 3.05) is 32.8 Å². The number of nitrogens with two attached hydrogens (primary N) is 1. The highest BCUT2D eigenvalue weighted by Crippen LogP contribution is 2.23. The molecule has 2 aliphatic heterocycles. The van der Waals surface area contributed by atoms with E-state index < -0.39 is 0 Å². The fourth-order valence-corrected chi connectivity index (χ4v) is 4.87. The SMILES string of the molecule is C=CNC(=NC1CCCN(C(=O)/C=C/CNC2CCOC2)C1)/C(C(=N)c1ccc(Oc2ccccc2)cc1)=C(\C)N. The summed E-state index contributed by atoms with van der Waals surface area (Å²) in [6.07, 6.45) is 7.70. The van der Waals surface area contributed by atoms with E-state index in [2.05, 4.69) is 17.2 Å². The van der Waals surface area contributed by atoms with Crippen LogP contribution in [0.5, 0.6) is 11.5 Å². The Morgan fingerprint density at radius 1 is 1.20 bits per heavy atom. The largest absolute Gasteiger partial charge is 0.457 e. The molecule has 2 saturated heterocycles. The Morgan fingerprint density at radius 3 is 2.63 bits per heavy atom. The van der Waals surface area contributed by atoms with Crippen molar-refractivity contribution in [3.05, 3.63) is 96.4 Å². The van der Waals surface area contributed by atoms with Crippen LogP contribution in [0.2, 0.25) is 0 Å². The maximum atomic E-state index is 12.9. The molecular formula is C32H40N6O3. The van der Waals surface area contributed by atoms with Crippen LogP contribution < -0.4 is 21.1 Å². The van der Waals surface area contributed by atoms with E-state index in [1.165, 1.54) is 6.20 Å². The van der Waals surface area contributed by atoms with Gasteiger partial charge in [0.1, 0.15) is 17.3 Å². The smallest absolute Gasteiger partial charge is 0.246 e. The van der Waals surface area contributed by atoms with Gasteiger partial charge >= 0.3 is 0 Å². The Kier molecular flexibility index (Phi) is 10.9. The number of likely N-dealkylation sites (tertiary alicyclic amines) is 1. The highest BCUT2D eigenvalue weighted by Gasteiger charge is 2.24. The number of hydrogen-bond acceptors (Lipinski definition) is 7. The molecule has 0 radical (unpaired) electrons. The third-order valence-electron chi connectivity index (χ3n) is 6.98. The van der Waals surface area contributed by atoms with E-state index >= 15 is 0 Å². The number of amidine groups is 1. The van der Waals surface area contributed by atoms with Gasteiger partial charge in [0.05, 0.1) is 23.9 Å². The molecule has 0 saturated carbocycles. The van der Waals surface area contributed by atoms with Gasteiger partial charge in [-0.2, -0.15) is 0 Å². The van der Waals surface area contributed by atoms with E-state index in [1.807, 2.05) is 65.6 Å². The first-order valence-electron chi connectivity index (χ1n) is 14.1. The third-order valence-corrected chi connectivity index (χ3v) is 6.98. The predicted molar refractivity (Wildman–Crippen MR) is 163 cm³/mol. The summed E-state index contributed by atoms with van der Waals surface area (Å²) in [5, 5.41) is 15.5. The lowest BCUT2D eigenvalue weighted by Crippen LogP contribution is -2.42. The fraction of sp³-hybridized carbons (Fsp3) is 0.344. The van der Waals surface area contributed by atoms with Crippen molar-refractivity contribution in [1.82, 2.24) is 15.5 Å². The number of nitrogens with one attached hydrogen (secondary N) is 3. The van der Waals surface area contributed by atoms with E-state index in [1.54, 1.807) is 13.0 Å². The van der Waals surface area contributed by atoms with Crippen molar-refractivity contribution < 1.29 is 14.3 Å². The molecule has 9 heteroatoms. The van der Waals surface area contributed by atoms with Crippen LogP contribution in [0, 0.1) is 5.41 Å². The molecule has 2 fully saturated rings. The Labute approximate surface area is 242 Å². The summed E-state index contributed by atoms with van der Waals surface area (Å²) >= 11 is 0. The van der Waals surface area contributed by atoms with Crippen LogP contribution in [0.25, 0.3) is 0 Å². The van der Waals surface area contributed by atoms with E-state index in [9.17, 15) is 4.79 Å². The normalized spacial score (nSPS) is 20.0. The van der Waals surface area contributed by atoms with Gasteiger partial charge in [0.15, 0.2) is 0 Å². The molecule has 0 aliphatic carbocycles. The van der Waals surface area contributed by atoms with E-state index in [4.69, 9.17) is 25.6 Å². The van der Waals surface area contributed by atoms with Gasteiger partial charge in [0.2, 0.25) is 5.91 Å². The minimum atomic E-state index is -0.138. The quantitative estimate of drug-likeness (QED) is 0.187. The molecule has 2 aliphatic rings. The number of benzene rings is 2. The van der Waals surface area contributed by atoms with Crippen molar-refractivity contribution in [1.29, 1.82) is 5.41 Å². The fourth-order valence-electron chi connectivity index (χ4n) is 4.87. The number of nitrogens with zero attached hydrogens (tertiary/aromatic N) is 2. The van der Waals surface area contributed by atoms with Gasteiger partial charge in [0.25, 0.3) is 0 Å². The zero-order valence-corrected chi connectivity index (χ0v) is 23.6. The molecule has 2 heterocycles. The number of amides is 1. The minimum absolute atomic E-state index is 0.0241. The highest BCUT2D eigenvalue weighted by molar-refractivity contribution is 6.29. The molecule has 2 atom stereocenters. The molecule has 5 N–H and O–H groups in total. The van der Waals surface area contributed by atoms with E-state index in [0.29, 0.717) is 54.1 Å². The molecule has 41 heavy (non-hydrogen) atoms. The molecule has 4 rings (SSSR count). The first-order valence-corrected chi connectivity index (χ1v) is 14.1. The van der Waals surface area contributed by atoms with Crippen LogP contribution >= 0.6 is 0 Å². The molecular weight excluding hydrogens is 516 g/mol. The second-order valence-electron chi connectivity index (χ2n) is 10.2. The van der Waals surface area contributed by atoms with Crippen LogP contribution in [0.3, 0.4) is 0 Å². The Morgan fingerprint density at radius 2 is 1.95 bits per heavy atom. The molecule has 0 bridgehead atoms. The zero-order valence-electron chi connectivity index (χ0n) is 23.6. The first-order chi connectivity index (χ1) is 19.9. The summed E-state index contributed by atoms with van der Waals surface area (Å²) in [4.78, 5) is 19.6. The number of rotatable bonds is 11. The zero-order chi connectivity index (χ0) is 29.0. The number of carbonyl (C=O) groups excluding carboxylic acids is 1. The van der Waals surface area contributed by atoms with Crippen molar-refractivity contribution in [3.8, 4) is 11.5 Å². The molecule has 2 aromatic rings. The van der Waals surface area contributed by atoms with Crippen molar-refractivity contribution in [3.63, 3.8) is 0 Å². The number of allylic oxidation sites excluding steroid dienone is 1. The average Bonchev–Trinajstić information content (AvgIpc) is 3.50. The standard InChI is InChI=1S/C32H40N6O3/c1-3-35-32(37-25-9-8-19-38(21-25)29(39)12-7-18-36-26-17-20-40-22-26)30(23(2)33)31(34)24-13-15-28(16-14-24)41-27-10-5-4-6-11-27/h3-7,10-16,25-26,34,36H,1,8-9,17-22,33H2,2H3,(H,35,37)/b12-7+,30-23+,34-31?. The topological polar surface area (TPSA) is 125 Å². The van der Waals surface area contributed by atoms with Gasteiger partial charge in [-0.3, -0.25) is 15.2 Å². The summed E-state index contributed by atoms with van der Waals surface area (Å²) in [7, 11) is 0. The lowest BCUT2D eigenvalue weighted by Gasteiger charge is -2.31. The summed E-state index contributed by atoms with van der Waals surface area (Å²) in [6, 6.07) is 17.1. The van der Waals surface area contributed by atoms with Gasteiger partial charge < -0.3 is 30.7 Å². The monoisotopic (exact) mass is 556 g/mol. The van der Waals surface area contributed by atoms with E-state index in [-0.39, 0.29) is 17.7 Å². The summed E-state index contributed by atoms with van der Waals surface area (Å²) in [5.74, 6) is 1.85. The van der Waals surface area contributed by atoms with Crippen molar-refractivity contribution in [2.24, 2.45) is 10.7 Å². The molecule has 2 aromatic carbocycles. The predicted octanol–water partition coefficient (Wildman–Crippen LogP) is 4.14. The maximum absolute atomic E-state index is 12.9. The highest BCUT2D eigenvalue weighted by atomic mass is 16.5. The number of para-hydroxylation sites is 1. The van der Waals surface area contributed by atoms with Crippen LogP contribution in [0.1, 0.15) is 31.7 Å². The molecule has 1 amide bonds. The van der Waals surface area contributed by atoms with Crippen LogP contribution in [0.4, 0.5) is 0 Å². The van der Waals surface area contributed by atoms with Gasteiger partial charge in [-0.25, -0.2) is 0 Å². The summed E-state index contributed by atoms with van der Waals surface area (Å²) in [5.41, 5.74) is 8.16. The lowest BCUT2D eigenvalue weighted by molar-refractivity contribution is -0.127.